The van der Waals surface area contributed by atoms with E-state index in [0.29, 0.717) is 0 Å². The third kappa shape index (κ3) is 2.56. The maximum absolute atomic E-state index is 5.70. The second kappa shape index (κ2) is 4.42. The molecule has 1 atom stereocenters. The van der Waals surface area contributed by atoms with Gasteiger partial charge in [0, 0.05) is 11.7 Å². The molecule has 0 radical (unpaired) electrons. The van der Waals surface area contributed by atoms with E-state index in [1.165, 1.54) is 17.0 Å². The Morgan fingerprint density at radius 2 is 2.23 bits per heavy atom. The van der Waals surface area contributed by atoms with E-state index in [0.717, 1.165) is 19.3 Å². The molecule has 0 aliphatic rings. The lowest BCUT2D eigenvalue weighted by molar-refractivity contribution is 0.655. The Bertz CT molecular complexity index is 263. The Balaban J connectivity index is 2.62. The third-order valence-electron chi connectivity index (χ3n) is 2.40. The number of nitrogens with two attached hydrogens (primary N) is 1. The fourth-order valence-corrected chi connectivity index (χ4v) is 1.44. The zero-order valence-electron chi connectivity index (χ0n) is 8.72. The quantitative estimate of drug-likeness (QED) is 0.740. The van der Waals surface area contributed by atoms with Crippen LogP contribution in [-0.4, -0.2) is 16.2 Å². The molecule has 0 saturated heterocycles. The highest BCUT2D eigenvalue weighted by Crippen LogP contribution is 2.12. The lowest BCUT2D eigenvalue weighted by Crippen LogP contribution is -2.15. The highest BCUT2D eigenvalue weighted by molar-refractivity contribution is 5.23. The molecule has 0 aliphatic carbocycles. The summed E-state index contributed by atoms with van der Waals surface area (Å²) in [5.41, 5.74) is 9.43. The van der Waals surface area contributed by atoms with Crippen LogP contribution in [-0.2, 0) is 12.8 Å². The lowest BCUT2D eigenvalue weighted by atomic mass is 10.1. The molecule has 0 aliphatic heterocycles. The van der Waals surface area contributed by atoms with Gasteiger partial charge in [-0.05, 0) is 38.7 Å². The van der Waals surface area contributed by atoms with Crippen LogP contribution in [0.15, 0.2) is 0 Å². The summed E-state index contributed by atoms with van der Waals surface area (Å²) in [6, 6.07) is 0.271. The summed E-state index contributed by atoms with van der Waals surface area (Å²) in [6.45, 7) is 6.28. The molecule has 1 unspecified atom stereocenters. The van der Waals surface area contributed by atoms with Gasteiger partial charge in [-0.25, -0.2) is 0 Å². The fourth-order valence-electron chi connectivity index (χ4n) is 1.44. The Morgan fingerprint density at radius 1 is 1.54 bits per heavy atom. The molecular formula is C10H19N3. The zero-order valence-corrected chi connectivity index (χ0v) is 8.72. The molecule has 0 fully saturated rings. The van der Waals surface area contributed by atoms with E-state index < -0.39 is 0 Å². The van der Waals surface area contributed by atoms with Crippen molar-refractivity contribution < 1.29 is 0 Å². The van der Waals surface area contributed by atoms with Gasteiger partial charge in [0.2, 0.25) is 0 Å². The van der Waals surface area contributed by atoms with Crippen molar-refractivity contribution in [1.29, 1.82) is 0 Å². The van der Waals surface area contributed by atoms with E-state index >= 15 is 0 Å². The van der Waals surface area contributed by atoms with Crippen molar-refractivity contribution in [3.63, 3.8) is 0 Å². The molecule has 3 heteroatoms. The number of aryl methyl sites for hydroxylation is 2. The number of hydrogen-bond acceptors (Lipinski definition) is 2. The third-order valence-corrected chi connectivity index (χ3v) is 2.40. The average Bonchev–Trinajstić information content (AvgIpc) is 2.43. The first-order valence-electron chi connectivity index (χ1n) is 4.93. The molecule has 0 saturated carbocycles. The molecule has 3 nitrogen and oxygen atoms in total. The first-order valence-corrected chi connectivity index (χ1v) is 4.93. The normalized spacial score (nSPS) is 13.2. The maximum atomic E-state index is 5.70. The molecule has 0 spiro atoms. The SMILES string of the molecule is CCc1n[nH]c(CCC(C)N)c1C. The van der Waals surface area contributed by atoms with E-state index in [1.54, 1.807) is 0 Å². The Morgan fingerprint density at radius 3 is 2.69 bits per heavy atom. The van der Waals surface area contributed by atoms with E-state index in [-0.39, 0.29) is 6.04 Å². The minimum Gasteiger partial charge on any atom is -0.328 e. The van der Waals surface area contributed by atoms with Gasteiger partial charge in [0.1, 0.15) is 0 Å². The molecule has 74 valence electrons. The lowest BCUT2D eigenvalue weighted by Gasteiger charge is -2.03. The maximum Gasteiger partial charge on any atom is 0.0651 e. The first-order chi connectivity index (χ1) is 6.15. The van der Waals surface area contributed by atoms with Crippen molar-refractivity contribution >= 4 is 0 Å². The second-order valence-electron chi connectivity index (χ2n) is 3.64. The molecule has 0 bridgehead atoms. The van der Waals surface area contributed by atoms with Gasteiger partial charge in [0.05, 0.1) is 5.69 Å². The standard InChI is InChI=1S/C10H19N3/c1-4-9-8(3)10(13-12-9)6-5-7(2)11/h7H,4-6,11H2,1-3H3,(H,12,13). The van der Waals surface area contributed by atoms with Crippen LogP contribution < -0.4 is 5.73 Å². The van der Waals surface area contributed by atoms with Crippen LogP contribution in [0.2, 0.25) is 0 Å². The molecule has 1 aromatic heterocycles. The van der Waals surface area contributed by atoms with Gasteiger partial charge in [-0.2, -0.15) is 5.10 Å². The molecule has 0 aromatic carbocycles. The van der Waals surface area contributed by atoms with E-state index in [2.05, 4.69) is 24.0 Å². The van der Waals surface area contributed by atoms with Crippen LogP contribution >= 0.6 is 0 Å². The Labute approximate surface area is 79.7 Å². The zero-order chi connectivity index (χ0) is 9.84. The predicted octanol–water partition coefficient (Wildman–Crippen LogP) is 1.56. The van der Waals surface area contributed by atoms with Crippen LogP contribution in [0.1, 0.15) is 37.2 Å². The van der Waals surface area contributed by atoms with Crippen molar-refractivity contribution in [1.82, 2.24) is 10.2 Å². The smallest absolute Gasteiger partial charge is 0.0651 e. The van der Waals surface area contributed by atoms with E-state index in [4.69, 9.17) is 5.73 Å². The summed E-state index contributed by atoms with van der Waals surface area (Å²) in [7, 11) is 0. The van der Waals surface area contributed by atoms with E-state index in [1.807, 2.05) is 6.92 Å². The van der Waals surface area contributed by atoms with Gasteiger partial charge >= 0.3 is 0 Å². The van der Waals surface area contributed by atoms with Crippen molar-refractivity contribution in [2.45, 2.75) is 46.1 Å². The topological polar surface area (TPSA) is 54.7 Å². The van der Waals surface area contributed by atoms with Gasteiger partial charge < -0.3 is 5.73 Å². The van der Waals surface area contributed by atoms with Crippen LogP contribution in [0.25, 0.3) is 0 Å². The van der Waals surface area contributed by atoms with Gasteiger partial charge in [0.25, 0.3) is 0 Å². The van der Waals surface area contributed by atoms with Crippen LogP contribution in [0.3, 0.4) is 0 Å². The highest BCUT2D eigenvalue weighted by atomic mass is 15.1. The summed E-state index contributed by atoms with van der Waals surface area (Å²) in [4.78, 5) is 0. The number of hydrogen-bond donors (Lipinski definition) is 2. The minimum absolute atomic E-state index is 0.271. The van der Waals surface area contributed by atoms with E-state index in [9.17, 15) is 0 Å². The summed E-state index contributed by atoms with van der Waals surface area (Å²) in [5, 5.41) is 7.32. The molecule has 0 amide bonds. The van der Waals surface area contributed by atoms with Crippen LogP contribution in [0.5, 0.6) is 0 Å². The monoisotopic (exact) mass is 181 g/mol. The number of aromatic amines is 1. The van der Waals surface area contributed by atoms with Crippen molar-refractivity contribution in [3.05, 3.63) is 17.0 Å². The van der Waals surface area contributed by atoms with Crippen LogP contribution in [0.4, 0.5) is 0 Å². The number of nitrogens with one attached hydrogen (secondary N) is 1. The van der Waals surface area contributed by atoms with Crippen molar-refractivity contribution in [2.24, 2.45) is 5.73 Å². The summed E-state index contributed by atoms with van der Waals surface area (Å²) in [6.07, 6.45) is 3.03. The minimum atomic E-state index is 0.271. The summed E-state index contributed by atoms with van der Waals surface area (Å²) >= 11 is 0. The molecule has 1 heterocycles. The summed E-state index contributed by atoms with van der Waals surface area (Å²) < 4.78 is 0. The van der Waals surface area contributed by atoms with Gasteiger partial charge in [-0.3, -0.25) is 5.10 Å². The van der Waals surface area contributed by atoms with Crippen molar-refractivity contribution in [3.8, 4) is 0 Å². The molecule has 3 N–H and O–H groups in total. The fraction of sp³-hybridized carbons (Fsp3) is 0.700. The molecule has 1 rings (SSSR count). The second-order valence-corrected chi connectivity index (χ2v) is 3.64. The summed E-state index contributed by atoms with van der Waals surface area (Å²) in [5.74, 6) is 0. The molecule has 13 heavy (non-hydrogen) atoms. The number of nitrogens with zero attached hydrogens (tertiary/aromatic N) is 1. The van der Waals surface area contributed by atoms with Crippen LogP contribution in [0, 0.1) is 6.92 Å². The predicted molar refractivity (Wildman–Crippen MR) is 54.7 cm³/mol. The molecule has 1 aromatic rings. The van der Waals surface area contributed by atoms with Gasteiger partial charge in [-0.15, -0.1) is 0 Å². The number of H-pyrrole nitrogens is 1. The highest BCUT2D eigenvalue weighted by Gasteiger charge is 2.07. The molecular weight excluding hydrogens is 162 g/mol. The van der Waals surface area contributed by atoms with Crippen molar-refractivity contribution in [2.75, 3.05) is 0 Å². The van der Waals surface area contributed by atoms with Gasteiger partial charge in [-0.1, -0.05) is 6.92 Å². The number of rotatable bonds is 4. The van der Waals surface area contributed by atoms with Gasteiger partial charge in [0.15, 0.2) is 0 Å². The average molecular weight is 181 g/mol. The first kappa shape index (κ1) is 10.3. The Kier molecular flexibility index (Phi) is 3.48. The Hall–Kier alpha value is -0.830. The number of aromatic nitrogens is 2. The largest absolute Gasteiger partial charge is 0.328 e.